The number of hydrogen-bond donors (Lipinski definition) is 0. The molecule has 2 heterocycles. The lowest BCUT2D eigenvalue weighted by Crippen LogP contribution is -2.10. The minimum absolute atomic E-state index is 0.0805. The van der Waals surface area contributed by atoms with Gasteiger partial charge in [0, 0.05) is 22.0 Å². The molecule has 120 valence electrons. The predicted octanol–water partition coefficient (Wildman–Crippen LogP) is 5.77. The molecule has 0 amide bonds. The molecule has 0 saturated heterocycles. The van der Waals surface area contributed by atoms with E-state index in [1.54, 1.807) is 11.3 Å². The minimum Gasteiger partial charge on any atom is -0.254 e. The Hall–Kier alpha value is -1.75. The van der Waals surface area contributed by atoms with Crippen LogP contribution in [0.25, 0.3) is 0 Å². The standard InChI is InChI=1S/C19H14ClNOS2/c20-14-9-7-13(8-10-14)16-12-19(17-5-3-11-23-17)24(22)18-6-2-1-4-15(18)21-16/h1-11,19H,12H2/t19-,24+/m1/s1. The molecule has 3 aromatic rings. The number of nitrogens with zero attached hydrogens (tertiary/aromatic N) is 1. The molecule has 0 saturated carbocycles. The molecule has 0 fully saturated rings. The van der Waals surface area contributed by atoms with Crippen molar-refractivity contribution in [2.75, 3.05) is 0 Å². The van der Waals surface area contributed by atoms with Crippen molar-refractivity contribution in [2.24, 2.45) is 4.99 Å². The fourth-order valence-electron chi connectivity index (χ4n) is 2.82. The van der Waals surface area contributed by atoms with Gasteiger partial charge >= 0.3 is 0 Å². The van der Waals surface area contributed by atoms with Gasteiger partial charge in [0.05, 0.1) is 26.6 Å². The van der Waals surface area contributed by atoms with E-state index in [1.807, 2.05) is 60.0 Å². The number of halogens is 1. The zero-order valence-electron chi connectivity index (χ0n) is 12.7. The Morgan fingerprint density at radius 2 is 1.83 bits per heavy atom. The Morgan fingerprint density at radius 1 is 1.04 bits per heavy atom. The van der Waals surface area contributed by atoms with Crippen molar-refractivity contribution < 1.29 is 4.21 Å². The Bertz CT molecular complexity index is 917. The zero-order valence-corrected chi connectivity index (χ0v) is 15.1. The number of para-hydroxylation sites is 1. The second-order valence-corrected chi connectivity index (χ2v) is 8.56. The fraction of sp³-hybridized carbons (Fsp3) is 0.105. The topological polar surface area (TPSA) is 29.4 Å². The molecule has 0 bridgehead atoms. The highest BCUT2D eigenvalue weighted by molar-refractivity contribution is 7.85. The maximum Gasteiger partial charge on any atom is 0.0794 e. The molecule has 24 heavy (non-hydrogen) atoms. The van der Waals surface area contributed by atoms with Gasteiger partial charge in [-0.25, -0.2) is 0 Å². The van der Waals surface area contributed by atoms with Crippen molar-refractivity contribution in [3.8, 4) is 0 Å². The van der Waals surface area contributed by atoms with Crippen LogP contribution in [-0.4, -0.2) is 9.92 Å². The molecule has 2 aromatic carbocycles. The highest BCUT2D eigenvalue weighted by Gasteiger charge is 2.28. The Morgan fingerprint density at radius 3 is 2.58 bits per heavy atom. The molecule has 2 nitrogen and oxygen atoms in total. The molecule has 0 spiro atoms. The second kappa shape index (κ2) is 6.63. The first-order valence-corrected chi connectivity index (χ1v) is 10.1. The van der Waals surface area contributed by atoms with Crippen LogP contribution in [0.4, 0.5) is 5.69 Å². The van der Waals surface area contributed by atoms with Gasteiger partial charge < -0.3 is 0 Å². The number of aliphatic imine (C=N–C) groups is 1. The summed E-state index contributed by atoms with van der Waals surface area (Å²) in [6.07, 6.45) is 0.642. The predicted molar refractivity (Wildman–Crippen MR) is 102 cm³/mol. The van der Waals surface area contributed by atoms with Crippen molar-refractivity contribution in [1.29, 1.82) is 0 Å². The third-order valence-corrected chi connectivity index (χ3v) is 7.12. The Kier molecular flexibility index (Phi) is 4.35. The van der Waals surface area contributed by atoms with Crippen LogP contribution in [0.2, 0.25) is 5.02 Å². The van der Waals surface area contributed by atoms with E-state index in [0.717, 1.165) is 26.7 Å². The molecule has 4 rings (SSSR count). The van der Waals surface area contributed by atoms with Gasteiger partial charge in [-0.15, -0.1) is 11.3 Å². The first-order valence-electron chi connectivity index (χ1n) is 7.59. The quantitative estimate of drug-likeness (QED) is 0.561. The third kappa shape index (κ3) is 2.97. The molecule has 0 unspecified atom stereocenters. The van der Waals surface area contributed by atoms with Gasteiger partial charge in [-0.3, -0.25) is 9.20 Å². The average Bonchev–Trinajstić information content (AvgIpc) is 3.09. The largest absolute Gasteiger partial charge is 0.254 e. The van der Waals surface area contributed by atoms with Crippen LogP contribution >= 0.6 is 22.9 Å². The molecule has 2 atom stereocenters. The SMILES string of the molecule is O=[S@]1c2ccccc2N=C(c2ccc(Cl)cc2)C[C@@H]1c1cccs1. The summed E-state index contributed by atoms with van der Waals surface area (Å²) in [6.45, 7) is 0. The van der Waals surface area contributed by atoms with E-state index >= 15 is 0 Å². The minimum atomic E-state index is -1.13. The van der Waals surface area contributed by atoms with E-state index in [9.17, 15) is 4.21 Å². The molecular weight excluding hydrogens is 358 g/mol. The zero-order chi connectivity index (χ0) is 16.5. The van der Waals surface area contributed by atoms with Crippen LogP contribution in [0.15, 0.2) is 75.9 Å². The van der Waals surface area contributed by atoms with Gasteiger partial charge in [0.1, 0.15) is 0 Å². The molecule has 1 aliphatic rings. The maximum absolute atomic E-state index is 13.2. The van der Waals surface area contributed by atoms with Crippen LogP contribution in [0.3, 0.4) is 0 Å². The van der Waals surface area contributed by atoms with Crippen LogP contribution in [-0.2, 0) is 10.8 Å². The first kappa shape index (κ1) is 15.8. The van der Waals surface area contributed by atoms with Gasteiger partial charge in [-0.05, 0) is 41.3 Å². The molecule has 0 aliphatic carbocycles. The summed E-state index contributed by atoms with van der Waals surface area (Å²) >= 11 is 7.66. The van der Waals surface area contributed by atoms with E-state index in [1.165, 1.54) is 0 Å². The van der Waals surface area contributed by atoms with E-state index in [-0.39, 0.29) is 5.25 Å². The third-order valence-electron chi connectivity index (χ3n) is 4.01. The van der Waals surface area contributed by atoms with E-state index in [2.05, 4.69) is 6.07 Å². The maximum atomic E-state index is 13.2. The van der Waals surface area contributed by atoms with Gasteiger partial charge in [0.25, 0.3) is 0 Å². The summed E-state index contributed by atoms with van der Waals surface area (Å²) in [7, 11) is -1.13. The molecule has 0 N–H and O–H groups in total. The highest BCUT2D eigenvalue weighted by atomic mass is 35.5. The van der Waals surface area contributed by atoms with Crippen molar-refractivity contribution in [2.45, 2.75) is 16.6 Å². The van der Waals surface area contributed by atoms with Crippen LogP contribution in [0.1, 0.15) is 22.1 Å². The van der Waals surface area contributed by atoms with Crippen molar-refractivity contribution >= 4 is 45.1 Å². The number of fused-ring (bicyclic) bond motifs is 1. The van der Waals surface area contributed by atoms with Gasteiger partial charge in [-0.1, -0.05) is 41.9 Å². The lowest BCUT2D eigenvalue weighted by molar-refractivity contribution is 0.675. The lowest BCUT2D eigenvalue weighted by atomic mass is 10.0. The number of hydrogen-bond acceptors (Lipinski definition) is 3. The number of thiophene rings is 1. The summed E-state index contributed by atoms with van der Waals surface area (Å²) in [5.74, 6) is 0. The van der Waals surface area contributed by atoms with E-state index in [4.69, 9.17) is 16.6 Å². The van der Waals surface area contributed by atoms with Crippen LogP contribution in [0.5, 0.6) is 0 Å². The van der Waals surface area contributed by atoms with E-state index < -0.39 is 10.8 Å². The molecule has 1 aromatic heterocycles. The molecule has 1 aliphatic heterocycles. The van der Waals surface area contributed by atoms with E-state index in [0.29, 0.717) is 11.4 Å². The van der Waals surface area contributed by atoms with Gasteiger partial charge in [0.2, 0.25) is 0 Å². The normalized spacial score (nSPS) is 20.1. The summed E-state index contributed by atoms with van der Waals surface area (Å²) in [4.78, 5) is 6.77. The Labute approximate surface area is 152 Å². The fourth-order valence-corrected chi connectivity index (χ4v) is 5.52. The molecular formula is C19H14ClNOS2. The Balaban J connectivity index is 1.86. The highest BCUT2D eigenvalue weighted by Crippen LogP contribution is 2.39. The summed E-state index contributed by atoms with van der Waals surface area (Å²) in [5, 5.41) is 2.65. The first-order chi connectivity index (χ1) is 11.7. The summed E-state index contributed by atoms with van der Waals surface area (Å²) in [6, 6.07) is 19.5. The summed E-state index contributed by atoms with van der Waals surface area (Å²) in [5.41, 5.74) is 2.76. The summed E-state index contributed by atoms with van der Waals surface area (Å²) < 4.78 is 13.2. The second-order valence-electron chi connectivity index (χ2n) is 5.54. The van der Waals surface area contributed by atoms with Crippen molar-refractivity contribution in [1.82, 2.24) is 0 Å². The average molecular weight is 372 g/mol. The lowest BCUT2D eigenvalue weighted by Gasteiger charge is -2.14. The van der Waals surface area contributed by atoms with Crippen LogP contribution in [0, 0.1) is 0 Å². The van der Waals surface area contributed by atoms with Gasteiger partial charge in [-0.2, -0.15) is 0 Å². The molecule has 0 radical (unpaired) electrons. The monoisotopic (exact) mass is 371 g/mol. The molecule has 5 heteroatoms. The smallest absolute Gasteiger partial charge is 0.0794 e. The number of benzene rings is 2. The van der Waals surface area contributed by atoms with Crippen molar-refractivity contribution in [3.05, 3.63) is 81.5 Å². The van der Waals surface area contributed by atoms with Crippen molar-refractivity contribution in [3.63, 3.8) is 0 Å². The van der Waals surface area contributed by atoms with Crippen LogP contribution < -0.4 is 0 Å². The van der Waals surface area contributed by atoms with Gasteiger partial charge in [0.15, 0.2) is 0 Å². The number of rotatable bonds is 2.